The summed E-state index contributed by atoms with van der Waals surface area (Å²) in [6, 6.07) is 12.7. The van der Waals surface area contributed by atoms with Gasteiger partial charge in [-0.3, -0.25) is 4.79 Å². The second-order valence-electron chi connectivity index (χ2n) is 9.19. The zero-order valence-corrected chi connectivity index (χ0v) is 19.2. The molecule has 4 rings (SSSR count). The summed E-state index contributed by atoms with van der Waals surface area (Å²) in [5.41, 5.74) is 2.91. The Morgan fingerprint density at radius 2 is 1.81 bits per heavy atom. The largest absolute Gasteiger partial charge is 0.487 e. The van der Waals surface area contributed by atoms with E-state index in [0.717, 1.165) is 29.7 Å². The van der Waals surface area contributed by atoms with Gasteiger partial charge in [-0.15, -0.1) is 0 Å². The number of nitrogens with zero attached hydrogens (tertiary/aromatic N) is 1. The van der Waals surface area contributed by atoms with Crippen molar-refractivity contribution in [2.45, 2.75) is 57.4 Å². The molecule has 0 radical (unpaired) electrons. The van der Waals surface area contributed by atoms with Crippen molar-refractivity contribution in [1.82, 2.24) is 9.62 Å². The lowest BCUT2D eigenvalue weighted by Gasteiger charge is -2.38. The minimum absolute atomic E-state index is 0.0320. The molecule has 1 amide bonds. The van der Waals surface area contributed by atoms with E-state index in [1.54, 1.807) is 28.6 Å². The molecular formula is C24H30N2O4S. The van der Waals surface area contributed by atoms with Crippen LogP contribution in [0.4, 0.5) is 0 Å². The summed E-state index contributed by atoms with van der Waals surface area (Å²) in [6.45, 7) is 7.26. The van der Waals surface area contributed by atoms with Crippen molar-refractivity contribution in [2.24, 2.45) is 0 Å². The quantitative estimate of drug-likeness (QED) is 0.761. The predicted octanol–water partition coefficient (Wildman–Crippen LogP) is 3.95. The third kappa shape index (κ3) is 4.93. The van der Waals surface area contributed by atoms with Gasteiger partial charge < -0.3 is 10.1 Å². The van der Waals surface area contributed by atoms with Gasteiger partial charge in [0.25, 0.3) is 5.91 Å². The summed E-state index contributed by atoms with van der Waals surface area (Å²) in [6.07, 6.45) is 2.51. The Morgan fingerprint density at radius 1 is 1.13 bits per heavy atom. The minimum atomic E-state index is -3.30. The molecule has 0 bridgehead atoms. The molecule has 2 aromatic rings. The number of carbonyl (C=O) groups excluding carboxylic acids is 1. The van der Waals surface area contributed by atoms with Crippen molar-refractivity contribution in [1.29, 1.82) is 0 Å². The van der Waals surface area contributed by atoms with Gasteiger partial charge in [0.2, 0.25) is 10.0 Å². The molecule has 1 atom stereocenters. The SMILES string of the molecule is Cc1ccc2c(c1)OC(C)(C)C[C@H]2NC(=O)c1ccc(CS(=O)(=O)N2CCCC2)cc1. The highest BCUT2D eigenvalue weighted by molar-refractivity contribution is 7.88. The van der Waals surface area contributed by atoms with E-state index in [1.807, 2.05) is 39.0 Å². The average molecular weight is 443 g/mol. The van der Waals surface area contributed by atoms with Gasteiger partial charge in [-0.1, -0.05) is 24.3 Å². The molecule has 6 nitrogen and oxygen atoms in total. The average Bonchev–Trinajstić information content (AvgIpc) is 3.23. The van der Waals surface area contributed by atoms with Crippen LogP contribution >= 0.6 is 0 Å². The van der Waals surface area contributed by atoms with Gasteiger partial charge in [-0.25, -0.2) is 12.7 Å². The Hall–Kier alpha value is -2.38. The van der Waals surface area contributed by atoms with E-state index < -0.39 is 10.0 Å². The van der Waals surface area contributed by atoms with Crippen molar-refractivity contribution in [3.8, 4) is 5.75 Å². The maximum atomic E-state index is 12.9. The molecule has 0 saturated carbocycles. The molecule has 2 heterocycles. The second-order valence-corrected chi connectivity index (χ2v) is 11.2. The van der Waals surface area contributed by atoms with Gasteiger partial charge in [0.05, 0.1) is 11.8 Å². The molecule has 0 aromatic heterocycles. The second kappa shape index (κ2) is 8.28. The Morgan fingerprint density at radius 3 is 2.48 bits per heavy atom. The highest BCUT2D eigenvalue weighted by Gasteiger charge is 2.34. The van der Waals surface area contributed by atoms with E-state index in [9.17, 15) is 13.2 Å². The highest BCUT2D eigenvalue weighted by Crippen LogP contribution is 2.40. The lowest BCUT2D eigenvalue weighted by Crippen LogP contribution is -2.41. The molecule has 2 aromatic carbocycles. The van der Waals surface area contributed by atoms with Gasteiger partial charge in [0, 0.05) is 30.6 Å². The first-order chi connectivity index (χ1) is 14.6. The minimum Gasteiger partial charge on any atom is -0.487 e. The molecule has 0 aliphatic carbocycles. The topological polar surface area (TPSA) is 75.7 Å². The van der Waals surface area contributed by atoms with E-state index in [4.69, 9.17) is 4.74 Å². The van der Waals surface area contributed by atoms with Crippen LogP contribution in [0, 0.1) is 6.92 Å². The van der Waals surface area contributed by atoms with Crippen molar-refractivity contribution >= 4 is 15.9 Å². The number of nitrogens with one attached hydrogen (secondary N) is 1. The molecule has 7 heteroatoms. The highest BCUT2D eigenvalue weighted by atomic mass is 32.2. The van der Waals surface area contributed by atoms with E-state index >= 15 is 0 Å². The first-order valence-corrected chi connectivity index (χ1v) is 12.4. The van der Waals surface area contributed by atoms with Crippen LogP contribution < -0.4 is 10.1 Å². The molecule has 1 N–H and O–H groups in total. The summed E-state index contributed by atoms with van der Waals surface area (Å²) in [5.74, 6) is 0.600. The summed E-state index contributed by atoms with van der Waals surface area (Å²) in [4.78, 5) is 12.9. The molecule has 2 aliphatic rings. The maximum absolute atomic E-state index is 12.9. The smallest absolute Gasteiger partial charge is 0.251 e. The zero-order valence-electron chi connectivity index (χ0n) is 18.3. The number of amides is 1. The van der Waals surface area contributed by atoms with E-state index in [2.05, 4.69) is 5.32 Å². The number of rotatable bonds is 5. The fraction of sp³-hybridized carbons (Fsp3) is 0.458. The van der Waals surface area contributed by atoms with Gasteiger partial charge >= 0.3 is 0 Å². The molecule has 0 spiro atoms. The van der Waals surface area contributed by atoms with Crippen LogP contribution in [0.15, 0.2) is 42.5 Å². The maximum Gasteiger partial charge on any atom is 0.251 e. The van der Waals surface area contributed by atoms with Gasteiger partial charge in [-0.05, 0) is 62.9 Å². The molecule has 31 heavy (non-hydrogen) atoms. The molecule has 1 fully saturated rings. The number of hydrogen-bond acceptors (Lipinski definition) is 4. The van der Waals surface area contributed by atoms with Gasteiger partial charge in [0.1, 0.15) is 11.4 Å². The predicted molar refractivity (Wildman–Crippen MR) is 121 cm³/mol. The Kier molecular flexibility index (Phi) is 5.83. The van der Waals surface area contributed by atoms with E-state index in [0.29, 0.717) is 30.6 Å². The Bertz CT molecular complexity index is 1070. The molecule has 1 saturated heterocycles. The van der Waals surface area contributed by atoms with Crippen LogP contribution in [0.1, 0.15) is 66.2 Å². The summed E-state index contributed by atoms with van der Waals surface area (Å²) in [7, 11) is -3.30. The summed E-state index contributed by atoms with van der Waals surface area (Å²) in [5, 5.41) is 3.13. The number of hydrogen-bond donors (Lipinski definition) is 1. The third-order valence-corrected chi connectivity index (χ3v) is 7.81. The van der Waals surface area contributed by atoms with Gasteiger partial charge in [-0.2, -0.15) is 0 Å². The lowest BCUT2D eigenvalue weighted by atomic mass is 9.89. The standard InChI is InChI=1S/C24H30N2O4S/c1-17-6-11-20-21(15-24(2,3)30-22(20)14-17)25-23(27)19-9-7-18(8-10-19)16-31(28,29)26-12-4-5-13-26/h6-11,14,21H,4-5,12-13,15-16H2,1-3H3,(H,25,27)/t21-/m1/s1. The van der Waals surface area contributed by atoms with E-state index in [1.165, 1.54) is 0 Å². The van der Waals surface area contributed by atoms with Crippen molar-refractivity contribution in [3.05, 3.63) is 64.7 Å². The fourth-order valence-corrected chi connectivity index (χ4v) is 5.96. The first-order valence-electron chi connectivity index (χ1n) is 10.8. The lowest BCUT2D eigenvalue weighted by molar-refractivity contribution is 0.0619. The molecule has 166 valence electrons. The monoisotopic (exact) mass is 442 g/mol. The number of carbonyl (C=O) groups is 1. The fourth-order valence-electron chi connectivity index (χ4n) is 4.35. The van der Waals surface area contributed by atoms with Crippen LogP contribution in [-0.4, -0.2) is 37.3 Å². The van der Waals surface area contributed by atoms with Gasteiger partial charge in [0.15, 0.2) is 0 Å². The van der Waals surface area contributed by atoms with Crippen LogP contribution in [0.5, 0.6) is 5.75 Å². The number of fused-ring (bicyclic) bond motifs is 1. The third-order valence-electron chi connectivity index (χ3n) is 5.96. The number of ether oxygens (including phenoxy) is 1. The van der Waals surface area contributed by atoms with Crippen LogP contribution in [0.25, 0.3) is 0 Å². The number of sulfonamides is 1. The number of benzene rings is 2. The van der Waals surface area contributed by atoms with E-state index in [-0.39, 0.29) is 23.3 Å². The molecule has 0 unspecified atom stereocenters. The molecule has 2 aliphatic heterocycles. The first kappa shape index (κ1) is 21.8. The van der Waals surface area contributed by atoms with Crippen molar-refractivity contribution in [3.63, 3.8) is 0 Å². The molecular weight excluding hydrogens is 412 g/mol. The van der Waals surface area contributed by atoms with Crippen molar-refractivity contribution in [2.75, 3.05) is 13.1 Å². The van der Waals surface area contributed by atoms with Crippen LogP contribution in [0.3, 0.4) is 0 Å². The Balaban J connectivity index is 1.47. The van der Waals surface area contributed by atoms with Crippen molar-refractivity contribution < 1.29 is 17.9 Å². The normalized spacial score (nSPS) is 20.7. The summed E-state index contributed by atoms with van der Waals surface area (Å²) < 4.78 is 32.7. The van der Waals surface area contributed by atoms with Crippen LogP contribution in [-0.2, 0) is 15.8 Å². The Labute approximate surface area is 184 Å². The van der Waals surface area contributed by atoms with Crippen LogP contribution in [0.2, 0.25) is 0 Å². The number of aryl methyl sites for hydroxylation is 1. The summed E-state index contributed by atoms with van der Waals surface area (Å²) >= 11 is 0. The zero-order chi connectivity index (χ0) is 22.2.